The van der Waals surface area contributed by atoms with Gasteiger partial charge in [0.15, 0.2) is 0 Å². The third-order valence-corrected chi connectivity index (χ3v) is 3.52. The van der Waals surface area contributed by atoms with Gasteiger partial charge in [0.2, 0.25) is 0 Å². The summed E-state index contributed by atoms with van der Waals surface area (Å²) in [6.45, 7) is 6.68. The van der Waals surface area contributed by atoms with E-state index < -0.39 is 0 Å². The lowest BCUT2D eigenvalue weighted by atomic mass is 10.0. The molecule has 0 saturated carbocycles. The molecule has 1 heterocycles. The first-order valence-electron chi connectivity index (χ1n) is 7.53. The Hall–Kier alpha value is -2.30. The maximum absolute atomic E-state index is 12.4. The van der Waals surface area contributed by atoms with Crippen molar-refractivity contribution in [1.82, 2.24) is 14.9 Å². The van der Waals surface area contributed by atoms with Crippen molar-refractivity contribution in [2.45, 2.75) is 26.8 Å². The molecule has 5 heteroatoms. The number of aryl methyl sites for hydroxylation is 1. The van der Waals surface area contributed by atoms with Crippen molar-refractivity contribution in [2.75, 3.05) is 6.61 Å². The normalized spacial score (nSPS) is 12.2. The standard InChI is InChI=1S/C17H23N3O2/c1-5-22-14-8-6-13(7-9-14)17(21)19-15(12(2)3)16-18-10-11-20(16)4/h6-12,15H,5H2,1-4H3,(H,19,21)/t15-/m0/s1. The number of imidazole rings is 1. The molecule has 118 valence electrons. The Morgan fingerprint density at radius 3 is 2.50 bits per heavy atom. The van der Waals surface area contributed by atoms with Crippen LogP contribution < -0.4 is 10.1 Å². The summed E-state index contributed by atoms with van der Waals surface area (Å²) >= 11 is 0. The second-order valence-corrected chi connectivity index (χ2v) is 5.55. The van der Waals surface area contributed by atoms with Gasteiger partial charge in [-0.2, -0.15) is 0 Å². The topological polar surface area (TPSA) is 56.1 Å². The molecule has 1 atom stereocenters. The number of carbonyl (C=O) groups is 1. The molecule has 22 heavy (non-hydrogen) atoms. The van der Waals surface area contributed by atoms with Gasteiger partial charge in [0.1, 0.15) is 11.6 Å². The van der Waals surface area contributed by atoms with Gasteiger partial charge in [0.05, 0.1) is 12.6 Å². The summed E-state index contributed by atoms with van der Waals surface area (Å²) < 4.78 is 7.32. The lowest BCUT2D eigenvalue weighted by molar-refractivity contribution is 0.0922. The minimum Gasteiger partial charge on any atom is -0.494 e. The second kappa shape index (κ2) is 7.11. The van der Waals surface area contributed by atoms with Gasteiger partial charge in [0.25, 0.3) is 5.91 Å². The molecule has 0 unspecified atom stereocenters. The smallest absolute Gasteiger partial charge is 0.251 e. The number of hydrogen-bond acceptors (Lipinski definition) is 3. The van der Waals surface area contributed by atoms with Crippen LogP contribution in [0.25, 0.3) is 0 Å². The monoisotopic (exact) mass is 301 g/mol. The molecule has 0 radical (unpaired) electrons. The first-order valence-corrected chi connectivity index (χ1v) is 7.53. The van der Waals surface area contributed by atoms with Gasteiger partial charge >= 0.3 is 0 Å². The predicted octanol–water partition coefficient (Wildman–Crippen LogP) is 2.95. The molecular weight excluding hydrogens is 278 g/mol. The number of rotatable bonds is 6. The first kappa shape index (κ1) is 16.1. The number of nitrogens with one attached hydrogen (secondary N) is 1. The molecule has 2 aromatic rings. The second-order valence-electron chi connectivity index (χ2n) is 5.55. The van der Waals surface area contributed by atoms with Crippen LogP contribution in [-0.4, -0.2) is 22.1 Å². The molecule has 1 amide bonds. The van der Waals surface area contributed by atoms with Crippen molar-refractivity contribution in [1.29, 1.82) is 0 Å². The fourth-order valence-corrected chi connectivity index (χ4v) is 2.30. The van der Waals surface area contributed by atoms with Crippen molar-refractivity contribution in [3.63, 3.8) is 0 Å². The third-order valence-electron chi connectivity index (χ3n) is 3.52. The number of ether oxygens (including phenoxy) is 1. The number of aromatic nitrogens is 2. The Kier molecular flexibility index (Phi) is 5.20. The van der Waals surface area contributed by atoms with Crippen LogP contribution in [0.15, 0.2) is 36.7 Å². The maximum atomic E-state index is 12.4. The largest absolute Gasteiger partial charge is 0.494 e. The van der Waals surface area contributed by atoms with E-state index in [1.165, 1.54) is 0 Å². The Morgan fingerprint density at radius 1 is 1.32 bits per heavy atom. The Morgan fingerprint density at radius 2 is 2.00 bits per heavy atom. The average Bonchev–Trinajstić information content (AvgIpc) is 2.91. The van der Waals surface area contributed by atoms with E-state index in [-0.39, 0.29) is 17.9 Å². The maximum Gasteiger partial charge on any atom is 0.251 e. The third kappa shape index (κ3) is 3.67. The van der Waals surface area contributed by atoms with E-state index in [9.17, 15) is 4.79 Å². The molecule has 0 aliphatic heterocycles. The molecule has 0 saturated heterocycles. The van der Waals surface area contributed by atoms with E-state index in [0.29, 0.717) is 12.2 Å². The summed E-state index contributed by atoms with van der Waals surface area (Å²) in [7, 11) is 1.93. The zero-order chi connectivity index (χ0) is 16.1. The molecule has 0 fully saturated rings. The summed E-state index contributed by atoms with van der Waals surface area (Å²) in [5.41, 5.74) is 0.614. The molecule has 0 aliphatic rings. The van der Waals surface area contributed by atoms with E-state index in [1.807, 2.05) is 36.9 Å². The Bertz CT molecular complexity index is 617. The molecule has 0 spiro atoms. The lowest BCUT2D eigenvalue weighted by Crippen LogP contribution is -2.33. The number of hydrogen-bond donors (Lipinski definition) is 1. The number of nitrogens with zero attached hydrogens (tertiary/aromatic N) is 2. The molecule has 1 aromatic heterocycles. The highest BCUT2D eigenvalue weighted by Gasteiger charge is 2.22. The molecule has 0 aliphatic carbocycles. The summed E-state index contributed by atoms with van der Waals surface area (Å²) in [6.07, 6.45) is 3.63. The van der Waals surface area contributed by atoms with Crippen LogP contribution in [0.1, 0.15) is 43.0 Å². The predicted molar refractivity (Wildman–Crippen MR) is 85.9 cm³/mol. The highest BCUT2D eigenvalue weighted by molar-refractivity contribution is 5.94. The van der Waals surface area contributed by atoms with Gasteiger partial charge in [-0.1, -0.05) is 13.8 Å². The Labute approximate surface area is 131 Å². The molecule has 2 rings (SSSR count). The number of amides is 1. The van der Waals surface area contributed by atoms with E-state index in [0.717, 1.165) is 11.6 Å². The fourth-order valence-electron chi connectivity index (χ4n) is 2.30. The quantitative estimate of drug-likeness (QED) is 0.892. The minimum absolute atomic E-state index is 0.107. The lowest BCUT2D eigenvalue weighted by Gasteiger charge is -2.22. The van der Waals surface area contributed by atoms with Gasteiger partial charge in [0, 0.05) is 25.0 Å². The van der Waals surface area contributed by atoms with E-state index in [2.05, 4.69) is 24.1 Å². The fraction of sp³-hybridized carbons (Fsp3) is 0.412. The van der Waals surface area contributed by atoms with E-state index >= 15 is 0 Å². The van der Waals surface area contributed by atoms with Gasteiger partial charge in [-0.3, -0.25) is 4.79 Å². The van der Waals surface area contributed by atoms with E-state index in [1.54, 1.807) is 18.3 Å². The zero-order valence-corrected chi connectivity index (χ0v) is 13.5. The van der Waals surface area contributed by atoms with Crippen molar-refractivity contribution in [3.05, 3.63) is 48.0 Å². The summed E-state index contributed by atoms with van der Waals surface area (Å²) in [5.74, 6) is 1.76. The highest BCUT2D eigenvalue weighted by atomic mass is 16.5. The van der Waals surface area contributed by atoms with E-state index in [4.69, 9.17) is 4.74 Å². The molecule has 1 N–H and O–H groups in total. The number of carbonyl (C=O) groups excluding carboxylic acids is 1. The summed E-state index contributed by atoms with van der Waals surface area (Å²) in [4.78, 5) is 16.8. The van der Waals surface area contributed by atoms with Crippen molar-refractivity contribution < 1.29 is 9.53 Å². The van der Waals surface area contributed by atoms with Crippen LogP contribution in [0, 0.1) is 5.92 Å². The molecule has 1 aromatic carbocycles. The van der Waals surface area contributed by atoms with Crippen LogP contribution >= 0.6 is 0 Å². The van der Waals surface area contributed by atoms with Gasteiger partial charge in [-0.05, 0) is 37.1 Å². The van der Waals surface area contributed by atoms with Crippen LogP contribution in [-0.2, 0) is 7.05 Å². The van der Waals surface area contributed by atoms with Crippen molar-refractivity contribution in [2.24, 2.45) is 13.0 Å². The summed E-state index contributed by atoms with van der Waals surface area (Å²) in [5, 5.41) is 3.06. The average molecular weight is 301 g/mol. The molecular formula is C17H23N3O2. The van der Waals surface area contributed by atoms with Crippen LogP contribution in [0.3, 0.4) is 0 Å². The van der Waals surface area contributed by atoms with Crippen LogP contribution in [0.4, 0.5) is 0 Å². The van der Waals surface area contributed by atoms with Gasteiger partial charge < -0.3 is 14.6 Å². The van der Waals surface area contributed by atoms with Crippen LogP contribution in [0.2, 0.25) is 0 Å². The molecule has 0 bridgehead atoms. The minimum atomic E-state index is -0.126. The highest BCUT2D eigenvalue weighted by Crippen LogP contribution is 2.20. The summed E-state index contributed by atoms with van der Waals surface area (Å²) in [6, 6.07) is 7.04. The van der Waals surface area contributed by atoms with Gasteiger partial charge in [-0.25, -0.2) is 4.98 Å². The first-order chi connectivity index (χ1) is 10.5. The molecule has 5 nitrogen and oxygen atoms in total. The van der Waals surface area contributed by atoms with Crippen LogP contribution in [0.5, 0.6) is 5.75 Å². The Balaban J connectivity index is 2.13. The van der Waals surface area contributed by atoms with Crippen molar-refractivity contribution >= 4 is 5.91 Å². The van der Waals surface area contributed by atoms with Crippen molar-refractivity contribution in [3.8, 4) is 5.75 Å². The van der Waals surface area contributed by atoms with Gasteiger partial charge in [-0.15, -0.1) is 0 Å². The number of benzene rings is 1. The zero-order valence-electron chi connectivity index (χ0n) is 13.5. The SMILES string of the molecule is CCOc1ccc(C(=O)N[C@H](c2nccn2C)C(C)C)cc1.